The fraction of sp³-hybridized carbons (Fsp3) is 0.667. The van der Waals surface area contributed by atoms with Crippen molar-refractivity contribution in [2.45, 2.75) is 26.8 Å². The summed E-state index contributed by atoms with van der Waals surface area (Å²) in [7, 11) is 1.98. The zero-order valence-electron chi connectivity index (χ0n) is 8.90. The zero-order valence-corrected chi connectivity index (χ0v) is 9.65. The molecule has 0 spiro atoms. The molecule has 1 aromatic rings. The maximum absolute atomic E-state index is 5.66. The van der Waals surface area contributed by atoms with Crippen LogP contribution in [-0.4, -0.2) is 28.3 Å². The molecule has 1 unspecified atom stereocenters. The van der Waals surface area contributed by atoms with Crippen molar-refractivity contribution in [2.75, 3.05) is 11.9 Å². The Kier molecular flexibility index (Phi) is 3.63. The van der Waals surface area contributed by atoms with Gasteiger partial charge in [-0.05, 0) is 24.4 Å². The Labute approximate surface area is 89.3 Å². The van der Waals surface area contributed by atoms with Gasteiger partial charge in [0.25, 0.3) is 0 Å². The summed E-state index contributed by atoms with van der Waals surface area (Å²) in [6.45, 7) is 6.47. The highest BCUT2D eigenvalue weighted by Gasteiger charge is 2.15. The molecule has 0 bridgehead atoms. The van der Waals surface area contributed by atoms with Gasteiger partial charge in [0, 0.05) is 13.1 Å². The molecule has 78 valence electrons. The van der Waals surface area contributed by atoms with Crippen molar-refractivity contribution < 1.29 is 0 Å². The molecular formula is C9H15ClN4. The highest BCUT2D eigenvalue weighted by Crippen LogP contribution is 2.16. The third-order valence-corrected chi connectivity index (χ3v) is 2.62. The van der Waals surface area contributed by atoms with Crippen LogP contribution in [0.1, 0.15) is 20.8 Å². The first kappa shape index (κ1) is 11.2. The number of anilines is 1. The first-order valence-electron chi connectivity index (χ1n) is 4.60. The maximum atomic E-state index is 5.66. The van der Waals surface area contributed by atoms with Crippen LogP contribution in [0, 0.1) is 5.92 Å². The van der Waals surface area contributed by atoms with E-state index in [0.29, 0.717) is 12.0 Å². The largest absolute Gasteiger partial charge is 0.355 e. The minimum absolute atomic E-state index is 0.185. The van der Waals surface area contributed by atoms with Crippen LogP contribution >= 0.6 is 11.6 Å². The van der Waals surface area contributed by atoms with Crippen LogP contribution in [0.4, 0.5) is 5.82 Å². The molecular weight excluding hydrogens is 200 g/mol. The highest BCUT2D eigenvalue weighted by molar-refractivity contribution is 6.28. The van der Waals surface area contributed by atoms with Crippen LogP contribution in [-0.2, 0) is 0 Å². The number of hydrogen-bond donors (Lipinski definition) is 0. The van der Waals surface area contributed by atoms with E-state index in [9.17, 15) is 0 Å². The Balaban J connectivity index is 2.83. The van der Waals surface area contributed by atoms with Gasteiger partial charge in [-0.25, -0.2) is 0 Å². The second-order valence-electron chi connectivity index (χ2n) is 3.68. The Morgan fingerprint density at radius 2 is 2.00 bits per heavy atom. The summed E-state index contributed by atoms with van der Waals surface area (Å²) in [5, 5.41) is 7.55. The van der Waals surface area contributed by atoms with Gasteiger partial charge in [-0.15, -0.1) is 5.10 Å². The van der Waals surface area contributed by atoms with Gasteiger partial charge < -0.3 is 4.90 Å². The van der Waals surface area contributed by atoms with Crippen LogP contribution in [0.3, 0.4) is 0 Å². The van der Waals surface area contributed by atoms with Crippen molar-refractivity contribution in [1.29, 1.82) is 0 Å². The van der Waals surface area contributed by atoms with Crippen molar-refractivity contribution in [3.05, 3.63) is 11.5 Å². The van der Waals surface area contributed by atoms with Gasteiger partial charge in [-0.1, -0.05) is 13.8 Å². The van der Waals surface area contributed by atoms with E-state index in [2.05, 4.69) is 36.0 Å². The topological polar surface area (TPSA) is 41.9 Å². The molecule has 0 fully saturated rings. The third kappa shape index (κ3) is 2.54. The van der Waals surface area contributed by atoms with Crippen LogP contribution in [0.5, 0.6) is 0 Å². The molecule has 0 radical (unpaired) electrons. The molecule has 0 saturated heterocycles. The highest BCUT2D eigenvalue weighted by atomic mass is 35.5. The fourth-order valence-electron chi connectivity index (χ4n) is 1.10. The summed E-state index contributed by atoms with van der Waals surface area (Å²) >= 11 is 5.66. The Hall–Kier alpha value is -0.900. The Morgan fingerprint density at radius 1 is 1.36 bits per heavy atom. The van der Waals surface area contributed by atoms with Gasteiger partial charge in [-0.3, -0.25) is 0 Å². The van der Waals surface area contributed by atoms with Crippen molar-refractivity contribution >= 4 is 17.4 Å². The summed E-state index contributed by atoms with van der Waals surface area (Å²) in [6, 6.07) is 0.391. The molecule has 0 aliphatic carbocycles. The van der Waals surface area contributed by atoms with Crippen molar-refractivity contribution in [3.8, 4) is 0 Å². The Bertz CT molecular complexity index is 303. The first-order valence-corrected chi connectivity index (χ1v) is 4.98. The lowest BCUT2D eigenvalue weighted by atomic mass is 10.1. The summed E-state index contributed by atoms with van der Waals surface area (Å²) in [4.78, 5) is 6.14. The molecule has 0 amide bonds. The monoisotopic (exact) mass is 214 g/mol. The number of nitrogens with zero attached hydrogens (tertiary/aromatic N) is 4. The molecule has 0 aliphatic rings. The molecule has 0 aromatic carbocycles. The minimum atomic E-state index is 0.185. The van der Waals surface area contributed by atoms with Crippen molar-refractivity contribution in [2.24, 2.45) is 5.92 Å². The molecule has 1 heterocycles. The summed E-state index contributed by atoms with van der Waals surface area (Å²) in [5.74, 6) is 1.31. The van der Waals surface area contributed by atoms with E-state index in [0.717, 1.165) is 5.82 Å². The third-order valence-electron chi connectivity index (χ3n) is 2.46. The van der Waals surface area contributed by atoms with E-state index >= 15 is 0 Å². The number of rotatable bonds is 3. The van der Waals surface area contributed by atoms with Gasteiger partial charge >= 0.3 is 0 Å². The van der Waals surface area contributed by atoms with E-state index in [4.69, 9.17) is 11.6 Å². The second kappa shape index (κ2) is 4.55. The van der Waals surface area contributed by atoms with Gasteiger partial charge in [0.15, 0.2) is 5.82 Å². The fourth-order valence-corrected chi connectivity index (χ4v) is 1.23. The molecule has 0 saturated carbocycles. The van der Waals surface area contributed by atoms with Gasteiger partial charge in [0.05, 0.1) is 6.20 Å². The second-order valence-corrected chi connectivity index (χ2v) is 4.02. The molecule has 5 heteroatoms. The number of hydrogen-bond acceptors (Lipinski definition) is 4. The SMILES string of the molecule is CC(C)C(C)N(C)c1cnnc(Cl)n1. The van der Waals surface area contributed by atoms with Crippen molar-refractivity contribution in [1.82, 2.24) is 15.2 Å². The van der Waals surface area contributed by atoms with E-state index in [1.54, 1.807) is 6.20 Å². The zero-order chi connectivity index (χ0) is 10.7. The van der Waals surface area contributed by atoms with Crippen LogP contribution in [0.15, 0.2) is 6.20 Å². The van der Waals surface area contributed by atoms with Crippen molar-refractivity contribution in [3.63, 3.8) is 0 Å². The molecule has 14 heavy (non-hydrogen) atoms. The van der Waals surface area contributed by atoms with Gasteiger partial charge in [0.1, 0.15) is 0 Å². The van der Waals surface area contributed by atoms with Crippen LogP contribution < -0.4 is 4.90 Å². The van der Waals surface area contributed by atoms with E-state index < -0.39 is 0 Å². The average molecular weight is 215 g/mol. The van der Waals surface area contributed by atoms with E-state index in [1.165, 1.54) is 0 Å². The summed E-state index contributed by atoms with van der Waals surface area (Å²) < 4.78 is 0. The minimum Gasteiger partial charge on any atom is -0.355 e. The molecule has 0 aliphatic heterocycles. The van der Waals surface area contributed by atoms with Crippen LogP contribution in [0.2, 0.25) is 5.28 Å². The lowest BCUT2D eigenvalue weighted by Gasteiger charge is -2.28. The standard InChI is InChI=1S/C9H15ClN4/c1-6(2)7(3)14(4)8-5-11-13-9(10)12-8/h5-7H,1-4H3. The normalized spacial score (nSPS) is 13.0. The lowest BCUT2D eigenvalue weighted by Crippen LogP contribution is -2.33. The molecule has 1 rings (SSSR count). The van der Waals surface area contributed by atoms with E-state index in [1.807, 2.05) is 11.9 Å². The predicted molar refractivity (Wildman–Crippen MR) is 57.5 cm³/mol. The smallest absolute Gasteiger partial charge is 0.244 e. The quantitative estimate of drug-likeness (QED) is 0.772. The molecule has 1 atom stereocenters. The summed E-state index contributed by atoms with van der Waals surface area (Å²) in [5.41, 5.74) is 0. The molecule has 1 aromatic heterocycles. The Morgan fingerprint density at radius 3 is 2.50 bits per heavy atom. The number of halogens is 1. The lowest BCUT2D eigenvalue weighted by molar-refractivity contribution is 0.502. The van der Waals surface area contributed by atoms with Crippen LogP contribution in [0.25, 0.3) is 0 Å². The summed E-state index contributed by atoms with van der Waals surface area (Å²) in [6.07, 6.45) is 1.62. The average Bonchev–Trinajstić information content (AvgIpc) is 2.15. The van der Waals surface area contributed by atoms with E-state index in [-0.39, 0.29) is 5.28 Å². The molecule has 0 N–H and O–H groups in total. The first-order chi connectivity index (χ1) is 6.52. The predicted octanol–water partition coefficient (Wildman–Crippen LogP) is 2.01. The molecule has 4 nitrogen and oxygen atoms in total. The van der Waals surface area contributed by atoms with Gasteiger partial charge in [0.2, 0.25) is 5.28 Å². The van der Waals surface area contributed by atoms with Gasteiger partial charge in [-0.2, -0.15) is 10.1 Å². The maximum Gasteiger partial charge on any atom is 0.244 e. The number of aromatic nitrogens is 3.